The van der Waals surface area contributed by atoms with Gasteiger partial charge >= 0.3 is 0 Å². The van der Waals surface area contributed by atoms with Crippen molar-refractivity contribution >= 4 is 22.5 Å². The van der Waals surface area contributed by atoms with Crippen LogP contribution in [0, 0.1) is 10.8 Å². The SMILES string of the molecule is COc1ccc(CC(=O)N=Nc2c(O)n(CN3C[C@@]4(C)C[C@H]3CC(C)(C)C4)c3ccccc23)cc1. The second-order valence-electron chi connectivity index (χ2n) is 11.3. The zero-order chi connectivity index (χ0) is 24.8. The predicted octanol–water partition coefficient (Wildman–Crippen LogP) is 6.07. The number of aromatic hydroxyl groups is 1. The van der Waals surface area contributed by atoms with Gasteiger partial charge in [0.15, 0.2) is 5.69 Å². The van der Waals surface area contributed by atoms with E-state index in [2.05, 4.69) is 35.9 Å². The van der Waals surface area contributed by atoms with Gasteiger partial charge in [0.1, 0.15) is 5.75 Å². The number of aromatic nitrogens is 1. The van der Waals surface area contributed by atoms with E-state index in [9.17, 15) is 9.90 Å². The van der Waals surface area contributed by atoms with Gasteiger partial charge in [0.2, 0.25) is 5.88 Å². The quantitative estimate of drug-likeness (QED) is 0.440. The second kappa shape index (κ2) is 8.79. The molecule has 1 aliphatic heterocycles. The molecule has 35 heavy (non-hydrogen) atoms. The summed E-state index contributed by atoms with van der Waals surface area (Å²) in [6, 6.07) is 15.6. The number of hydrogen-bond acceptors (Lipinski definition) is 5. The molecule has 184 valence electrons. The maximum Gasteiger partial charge on any atom is 0.269 e. The smallest absolute Gasteiger partial charge is 0.269 e. The Hall–Kier alpha value is -3.19. The zero-order valence-corrected chi connectivity index (χ0v) is 21.0. The number of rotatable bonds is 6. The summed E-state index contributed by atoms with van der Waals surface area (Å²) in [5.41, 5.74) is 2.71. The number of carbonyl (C=O) groups is 1. The normalized spacial score (nSPS) is 23.8. The molecule has 1 saturated heterocycles. The Morgan fingerprint density at radius 3 is 2.60 bits per heavy atom. The molecular weight excluding hydrogens is 440 g/mol. The Balaban J connectivity index is 1.39. The highest BCUT2D eigenvalue weighted by Crippen LogP contribution is 2.53. The Bertz CT molecular complexity index is 1280. The minimum absolute atomic E-state index is 0.0538. The lowest BCUT2D eigenvalue weighted by molar-refractivity contribution is -0.117. The van der Waals surface area contributed by atoms with Crippen molar-refractivity contribution in [2.24, 2.45) is 21.1 Å². The van der Waals surface area contributed by atoms with Crippen LogP contribution in [0.25, 0.3) is 10.9 Å². The molecule has 2 atom stereocenters. The van der Waals surface area contributed by atoms with E-state index >= 15 is 0 Å². The van der Waals surface area contributed by atoms with Gasteiger partial charge in [-0.2, -0.15) is 0 Å². The lowest BCUT2D eigenvalue weighted by atomic mass is 9.65. The van der Waals surface area contributed by atoms with Gasteiger partial charge in [0, 0.05) is 18.0 Å². The average molecular weight is 475 g/mol. The summed E-state index contributed by atoms with van der Waals surface area (Å²) < 4.78 is 7.07. The van der Waals surface area contributed by atoms with E-state index in [-0.39, 0.29) is 18.2 Å². The summed E-state index contributed by atoms with van der Waals surface area (Å²) in [4.78, 5) is 15.0. The number of carbonyl (C=O) groups excluding carboxylic acids is 1. The first-order valence-corrected chi connectivity index (χ1v) is 12.3. The van der Waals surface area contributed by atoms with Crippen molar-refractivity contribution in [1.82, 2.24) is 9.47 Å². The van der Waals surface area contributed by atoms with Crippen molar-refractivity contribution in [3.8, 4) is 11.6 Å². The van der Waals surface area contributed by atoms with E-state index in [4.69, 9.17) is 4.74 Å². The molecule has 2 fully saturated rings. The highest BCUT2D eigenvalue weighted by Gasteiger charge is 2.49. The maximum atomic E-state index is 12.5. The summed E-state index contributed by atoms with van der Waals surface area (Å²) >= 11 is 0. The number of likely N-dealkylation sites (tertiary alicyclic amines) is 1. The van der Waals surface area contributed by atoms with Crippen LogP contribution in [0.15, 0.2) is 58.8 Å². The van der Waals surface area contributed by atoms with E-state index in [0.29, 0.717) is 29.2 Å². The number of methoxy groups -OCH3 is 1. The minimum atomic E-state index is -0.366. The van der Waals surface area contributed by atoms with Crippen LogP contribution in [-0.4, -0.2) is 40.2 Å². The summed E-state index contributed by atoms with van der Waals surface area (Å²) in [6.45, 7) is 8.74. The fraction of sp³-hybridized carbons (Fsp3) is 0.464. The van der Waals surface area contributed by atoms with Crippen molar-refractivity contribution in [3.63, 3.8) is 0 Å². The van der Waals surface area contributed by atoms with E-state index < -0.39 is 0 Å². The van der Waals surface area contributed by atoms with Gasteiger partial charge in [0.05, 0.1) is 25.7 Å². The fourth-order valence-electron chi connectivity index (χ4n) is 6.50. The third-order valence-electron chi connectivity index (χ3n) is 7.54. The highest BCUT2D eigenvalue weighted by atomic mass is 16.5. The summed E-state index contributed by atoms with van der Waals surface area (Å²) in [6.07, 6.45) is 3.72. The number of benzene rings is 2. The molecule has 2 aliphatic rings. The maximum absolute atomic E-state index is 12.5. The number of para-hydroxylation sites is 1. The van der Waals surface area contributed by atoms with Crippen LogP contribution in [0.2, 0.25) is 0 Å². The van der Waals surface area contributed by atoms with Gasteiger partial charge in [-0.15, -0.1) is 10.2 Å². The Labute approximate surface area is 206 Å². The zero-order valence-electron chi connectivity index (χ0n) is 21.0. The van der Waals surface area contributed by atoms with E-state index in [1.807, 2.05) is 53.1 Å². The monoisotopic (exact) mass is 474 g/mol. The van der Waals surface area contributed by atoms with Crippen molar-refractivity contribution in [1.29, 1.82) is 0 Å². The van der Waals surface area contributed by atoms with Crippen LogP contribution >= 0.6 is 0 Å². The molecule has 7 nitrogen and oxygen atoms in total. The van der Waals surface area contributed by atoms with Gasteiger partial charge in [-0.1, -0.05) is 51.1 Å². The fourth-order valence-corrected chi connectivity index (χ4v) is 6.50. The topological polar surface area (TPSA) is 79.4 Å². The summed E-state index contributed by atoms with van der Waals surface area (Å²) in [5, 5.41) is 20.2. The van der Waals surface area contributed by atoms with E-state index in [1.165, 1.54) is 12.8 Å². The van der Waals surface area contributed by atoms with Crippen LogP contribution < -0.4 is 4.74 Å². The predicted molar refractivity (Wildman–Crippen MR) is 136 cm³/mol. The summed E-state index contributed by atoms with van der Waals surface area (Å²) in [5.74, 6) is 0.424. The lowest BCUT2D eigenvalue weighted by Gasteiger charge is -2.40. The van der Waals surface area contributed by atoms with Crippen molar-refractivity contribution in [2.75, 3.05) is 13.7 Å². The van der Waals surface area contributed by atoms with Crippen LogP contribution in [0.5, 0.6) is 11.6 Å². The Morgan fingerprint density at radius 1 is 1.11 bits per heavy atom. The molecule has 0 spiro atoms. The van der Waals surface area contributed by atoms with Crippen molar-refractivity contribution < 1.29 is 14.6 Å². The number of amides is 1. The van der Waals surface area contributed by atoms with Gasteiger partial charge < -0.3 is 9.84 Å². The molecule has 1 aromatic heterocycles. The molecule has 1 N–H and O–H groups in total. The molecule has 5 rings (SSSR count). The number of fused-ring (bicyclic) bond motifs is 3. The van der Waals surface area contributed by atoms with Crippen LogP contribution in [-0.2, 0) is 17.9 Å². The van der Waals surface area contributed by atoms with Crippen LogP contribution in [0.3, 0.4) is 0 Å². The second-order valence-corrected chi connectivity index (χ2v) is 11.3. The molecule has 3 aromatic rings. The molecule has 1 aliphatic carbocycles. The molecule has 1 saturated carbocycles. The van der Waals surface area contributed by atoms with Crippen molar-refractivity contribution in [2.45, 2.75) is 59.2 Å². The van der Waals surface area contributed by atoms with E-state index in [0.717, 1.165) is 35.2 Å². The van der Waals surface area contributed by atoms with E-state index in [1.54, 1.807) is 7.11 Å². The van der Waals surface area contributed by atoms with Gasteiger partial charge in [-0.05, 0) is 53.9 Å². The molecule has 7 heteroatoms. The van der Waals surface area contributed by atoms with Gasteiger partial charge in [0.25, 0.3) is 5.91 Å². The molecule has 2 bridgehead atoms. The molecule has 1 amide bonds. The number of azo groups is 1. The minimum Gasteiger partial charge on any atom is -0.497 e. The Kier molecular flexibility index (Phi) is 5.91. The van der Waals surface area contributed by atoms with Gasteiger partial charge in [-0.3, -0.25) is 14.3 Å². The first-order chi connectivity index (χ1) is 16.7. The lowest BCUT2D eigenvalue weighted by Crippen LogP contribution is -2.35. The molecular formula is C28H34N4O3. The first kappa shape index (κ1) is 23.5. The number of ether oxygens (including phenoxy) is 1. The third kappa shape index (κ3) is 4.69. The average Bonchev–Trinajstić information content (AvgIpc) is 3.21. The largest absolute Gasteiger partial charge is 0.497 e. The number of hydrogen-bond donors (Lipinski definition) is 1. The highest BCUT2D eigenvalue weighted by molar-refractivity contribution is 5.95. The Morgan fingerprint density at radius 2 is 1.86 bits per heavy atom. The van der Waals surface area contributed by atoms with Crippen LogP contribution in [0.1, 0.15) is 45.6 Å². The molecule has 0 unspecified atom stereocenters. The molecule has 0 radical (unpaired) electrons. The first-order valence-electron chi connectivity index (χ1n) is 12.3. The molecule has 2 heterocycles. The standard InChI is InChI=1S/C28H34N4O3/c1-27(2)14-20-15-28(3,16-27)17-31(20)18-32-23-8-6-5-7-22(23)25(26(32)34)30-29-24(33)13-19-9-11-21(35-4)12-10-19/h5-12,20,34H,13-18H2,1-4H3/t20-,28+/m1/s1. The van der Waals surface area contributed by atoms with Gasteiger partial charge in [-0.25, -0.2) is 0 Å². The summed E-state index contributed by atoms with van der Waals surface area (Å²) in [7, 11) is 1.61. The van der Waals surface area contributed by atoms with Crippen molar-refractivity contribution in [3.05, 3.63) is 54.1 Å². The third-order valence-corrected chi connectivity index (χ3v) is 7.54. The number of nitrogens with zero attached hydrogens (tertiary/aromatic N) is 4. The molecule has 2 aromatic carbocycles. The van der Waals surface area contributed by atoms with Crippen LogP contribution in [0.4, 0.5) is 5.69 Å².